The van der Waals surface area contributed by atoms with Gasteiger partial charge in [0, 0.05) is 5.54 Å². The van der Waals surface area contributed by atoms with Gasteiger partial charge in [-0.25, -0.2) is 0 Å². The molecule has 2 unspecified atom stereocenters. The van der Waals surface area contributed by atoms with E-state index >= 15 is 0 Å². The summed E-state index contributed by atoms with van der Waals surface area (Å²) in [7, 11) is 0. The van der Waals surface area contributed by atoms with Gasteiger partial charge < -0.3 is 5.73 Å². The summed E-state index contributed by atoms with van der Waals surface area (Å²) in [6.45, 7) is 4.54. The Hall–Kier alpha value is -0.300. The van der Waals surface area contributed by atoms with Crippen LogP contribution in [0.4, 0.5) is 0 Å². The highest BCUT2D eigenvalue weighted by Crippen LogP contribution is 2.28. The average molecular weight is 167 g/mol. The molecule has 0 aromatic carbocycles. The van der Waals surface area contributed by atoms with E-state index in [4.69, 9.17) is 5.73 Å². The van der Waals surface area contributed by atoms with Crippen molar-refractivity contribution in [1.29, 1.82) is 0 Å². The van der Waals surface area contributed by atoms with Crippen LogP contribution in [0.2, 0.25) is 0 Å². The van der Waals surface area contributed by atoms with Crippen molar-refractivity contribution >= 4 is 0 Å². The zero-order chi connectivity index (χ0) is 9.03. The second-order valence-corrected chi connectivity index (χ2v) is 4.29. The van der Waals surface area contributed by atoms with E-state index in [0.717, 1.165) is 12.3 Å². The Kier molecular flexibility index (Phi) is 3.33. The van der Waals surface area contributed by atoms with Crippen molar-refractivity contribution in [2.24, 2.45) is 11.7 Å². The summed E-state index contributed by atoms with van der Waals surface area (Å²) in [5, 5.41) is 0. The highest BCUT2D eigenvalue weighted by atomic mass is 14.7. The van der Waals surface area contributed by atoms with Crippen molar-refractivity contribution in [2.75, 3.05) is 0 Å². The van der Waals surface area contributed by atoms with E-state index in [9.17, 15) is 0 Å². The van der Waals surface area contributed by atoms with Crippen molar-refractivity contribution in [1.82, 2.24) is 0 Å². The molecule has 1 aliphatic carbocycles. The van der Waals surface area contributed by atoms with Gasteiger partial charge in [-0.05, 0) is 31.6 Å². The Morgan fingerprint density at radius 3 is 2.75 bits per heavy atom. The fraction of sp³-hybridized carbons (Fsp3) is 0.818. The molecule has 1 aliphatic rings. The Bertz CT molecular complexity index is 162. The molecule has 0 heterocycles. The molecule has 0 bridgehead atoms. The van der Waals surface area contributed by atoms with Gasteiger partial charge in [0.1, 0.15) is 0 Å². The lowest BCUT2D eigenvalue weighted by Crippen LogP contribution is -2.41. The number of hydrogen-bond donors (Lipinski definition) is 1. The highest BCUT2D eigenvalue weighted by Gasteiger charge is 2.26. The molecule has 0 aromatic heterocycles. The topological polar surface area (TPSA) is 26.0 Å². The third kappa shape index (κ3) is 2.63. The lowest BCUT2D eigenvalue weighted by Gasteiger charge is -2.32. The van der Waals surface area contributed by atoms with E-state index in [0.29, 0.717) is 0 Å². The summed E-state index contributed by atoms with van der Waals surface area (Å²) in [6.07, 6.45) is 10.4. The second-order valence-electron chi connectivity index (χ2n) is 4.29. The maximum atomic E-state index is 6.28. The van der Waals surface area contributed by atoms with Crippen LogP contribution in [0.1, 0.15) is 46.0 Å². The minimum atomic E-state index is 0.115. The molecule has 0 saturated carbocycles. The predicted octanol–water partition coefficient (Wildman–Crippen LogP) is 2.86. The Labute approximate surface area is 76.0 Å². The maximum Gasteiger partial charge on any atom is 0.0194 e. The fourth-order valence-electron chi connectivity index (χ4n) is 1.93. The number of hydrogen-bond acceptors (Lipinski definition) is 1. The molecule has 2 atom stereocenters. The Morgan fingerprint density at radius 2 is 2.25 bits per heavy atom. The van der Waals surface area contributed by atoms with Crippen molar-refractivity contribution in [2.45, 2.75) is 51.5 Å². The molecule has 0 saturated heterocycles. The summed E-state index contributed by atoms with van der Waals surface area (Å²) in [4.78, 5) is 0. The first-order valence-corrected chi connectivity index (χ1v) is 5.10. The van der Waals surface area contributed by atoms with E-state index in [1.807, 2.05) is 0 Å². The van der Waals surface area contributed by atoms with Crippen LogP contribution < -0.4 is 5.73 Å². The normalized spacial score (nSPS) is 31.9. The molecule has 1 rings (SSSR count). The summed E-state index contributed by atoms with van der Waals surface area (Å²) < 4.78 is 0. The Balaban J connectivity index is 2.42. The lowest BCUT2D eigenvalue weighted by molar-refractivity contribution is 0.300. The molecule has 0 amide bonds. The molecular weight excluding hydrogens is 146 g/mol. The number of nitrogens with two attached hydrogens (primary N) is 1. The molecule has 12 heavy (non-hydrogen) atoms. The summed E-state index contributed by atoms with van der Waals surface area (Å²) in [5.41, 5.74) is 6.40. The quantitative estimate of drug-likeness (QED) is 0.643. The SMILES string of the molecule is CCC(C)CC1(N)CC=CCC1. The zero-order valence-corrected chi connectivity index (χ0v) is 8.34. The van der Waals surface area contributed by atoms with Crippen molar-refractivity contribution in [3.8, 4) is 0 Å². The van der Waals surface area contributed by atoms with Crippen molar-refractivity contribution < 1.29 is 0 Å². The van der Waals surface area contributed by atoms with Gasteiger partial charge in [0.15, 0.2) is 0 Å². The van der Waals surface area contributed by atoms with Gasteiger partial charge in [-0.2, -0.15) is 0 Å². The van der Waals surface area contributed by atoms with E-state index in [-0.39, 0.29) is 5.54 Å². The van der Waals surface area contributed by atoms with Gasteiger partial charge in [0.25, 0.3) is 0 Å². The largest absolute Gasteiger partial charge is 0.325 e. The van der Waals surface area contributed by atoms with Crippen LogP contribution >= 0.6 is 0 Å². The Morgan fingerprint density at radius 1 is 1.50 bits per heavy atom. The van der Waals surface area contributed by atoms with Crippen LogP contribution in [0, 0.1) is 5.92 Å². The van der Waals surface area contributed by atoms with Crippen LogP contribution in [0.3, 0.4) is 0 Å². The van der Waals surface area contributed by atoms with E-state index in [2.05, 4.69) is 26.0 Å². The molecule has 1 heteroatoms. The van der Waals surface area contributed by atoms with Crippen LogP contribution in [-0.2, 0) is 0 Å². The van der Waals surface area contributed by atoms with Crippen LogP contribution in [0.5, 0.6) is 0 Å². The first-order chi connectivity index (χ1) is 5.66. The van der Waals surface area contributed by atoms with Crippen LogP contribution in [0.15, 0.2) is 12.2 Å². The minimum Gasteiger partial charge on any atom is -0.325 e. The molecule has 70 valence electrons. The molecule has 0 radical (unpaired) electrons. The number of rotatable bonds is 3. The second kappa shape index (κ2) is 4.08. The van der Waals surface area contributed by atoms with E-state index < -0.39 is 0 Å². The van der Waals surface area contributed by atoms with E-state index in [1.165, 1.54) is 25.7 Å². The standard InChI is InChI=1S/C11H21N/c1-3-10(2)9-11(12)7-5-4-6-8-11/h4-5,10H,3,6-9,12H2,1-2H3. The van der Waals surface area contributed by atoms with Crippen molar-refractivity contribution in [3.63, 3.8) is 0 Å². The fourth-order valence-corrected chi connectivity index (χ4v) is 1.93. The smallest absolute Gasteiger partial charge is 0.0194 e. The minimum absolute atomic E-state index is 0.115. The van der Waals surface area contributed by atoms with E-state index in [1.54, 1.807) is 0 Å². The summed E-state index contributed by atoms with van der Waals surface area (Å²) >= 11 is 0. The summed E-state index contributed by atoms with van der Waals surface area (Å²) in [6, 6.07) is 0. The summed E-state index contributed by atoms with van der Waals surface area (Å²) in [5.74, 6) is 0.779. The van der Waals surface area contributed by atoms with Gasteiger partial charge in [0.2, 0.25) is 0 Å². The highest BCUT2D eigenvalue weighted by molar-refractivity contribution is 5.01. The zero-order valence-electron chi connectivity index (χ0n) is 8.34. The first kappa shape index (κ1) is 9.79. The molecule has 0 spiro atoms. The third-order valence-electron chi connectivity index (χ3n) is 2.95. The maximum absolute atomic E-state index is 6.28. The van der Waals surface area contributed by atoms with Gasteiger partial charge in [-0.15, -0.1) is 0 Å². The number of allylic oxidation sites excluding steroid dienone is 1. The molecule has 1 nitrogen and oxygen atoms in total. The molecule has 0 aliphatic heterocycles. The molecule has 0 fully saturated rings. The molecule has 0 aromatic rings. The van der Waals surface area contributed by atoms with Gasteiger partial charge in [0.05, 0.1) is 0 Å². The van der Waals surface area contributed by atoms with Crippen molar-refractivity contribution in [3.05, 3.63) is 12.2 Å². The average Bonchev–Trinajstić information content (AvgIpc) is 2.05. The lowest BCUT2D eigenvalue weighted by atomic mass is 9.79. The first-order valence-electron chi connectivity index (χ1n) is 5.10. The van der Waals surface area contributed by atoms with Gasteiger partial charge in [-0.3, -0.25) is 0 Å². The van der Waals surface area contributed by atoms with Gasteiger partial charge in [-0.1, -0.05) is 32.4 Å². The third-order valence-corrected chi connectivity index (χ3v) is 2.95. The molecule has 2 N–H and O–H groups in total. The van der Waals surface area contributed by atoms with Gasteiger partial charge >= 0.3 is 0 Å². The van der Waals surface area contributed by atoms with Crippen LogP contribution in [-0.4, -0.2) is 5.54 Å². The van der Waals surface area contributed by atoms with Crippen LogP contribution in [0.25, 0.3) is 0 Å². The predicted molar refractivity (Wildman–Crippen MR) is 54.0 cm³/mol. The monoisotopic (exact) mass is 167 g/mol. The molecular formula is C11H21N.